The molecule has 3 aromatic rings. The molecule has 2 heteroatoms. The van der Waals surface area contributed by atoms with E-state index in [2.05, 4.69) is 47.8 Å². The largest absolute Gasteiger partial charge is 0.245 e. The van der Waals surface area contributed by atoms with Crippen LogP contribution in [0.1, 0.15) is 0 Å². The van der Waals surface area contributed by atoms with Gasteiger partial charge in [-0.1, -0.05) is 29.8 Å². The lowest BCUT2D eigenvalue weighted by molar-refractivity contribution is 1.70. The molecule has 0 N–H and O–H groups in total. The standard InChI is InChI=1S/C15H10ClS/c16-13-7-5-12(6-8-13)15-14-4-2-1-3-11(14)9-10-17-15/h1-10H/q+1. The summed E-state index contributed by atoms with van der Waals surface area (Å²) in [6.45, 7) is 0. The minimum Gasteiger partial charge on any atom is -0.0843 e. The first-order chi connectivity index (χ1) is 8.34. The van der Waals surface area contributed by atoms with Crippen LogP contribution in [0.3, 0.4) is 0 Å². The Bertz CT molecular complexity index is 654. The van der Waals surface area contributed by atoms with E-state index in [9.17, 15) is 0 Å². The van der Waals surface area contributed by atoms with Crippen LogP contribution in [-0.4, -0.2) is 0 Å². The normalized spacial score (nSPS) is 10.6. The van der Waals surface area contributed by atoms with Crippen LogP contribution in [0.5, 0.6) is 0 Å². The van der Waals surface area contributed by atoms with Gasteiger partial charge < -0.3 is 0 Å². The number of rotatable bonds is 1. The van der Waals surface area contributed by atoms with E-state index in [0.29, 0.717) is 0 Å². The molecule has 0 atom stereocenters. The van der Waals surface area contributed by atoms with E-state index in [4.69, 9.17) is 11.6 Å². The molecule has 0 aliphatic carbocycles. The molecule has 0 fully saturated rings. The van der Waals surface area contributed by atoms with Crippen LogP contribution in [0, 0.1) is 0 Å². The van der Waals surface area contributed by atoms with Gasteiger partial charge in [0.2, 0.25) is 16.2 Å². The molecule has 0 aliphatic rings. The third kappa shape index (κ3) is 2.04. The Labute approximate surface area is 109 Å². The lowest BCUT2D eigenvalue weighted by atomic mass is 10.1. The van der Waals surface area contributed by atoms with Gasteiger partial charge >= 0.3 is 0 Å². The van der Waals surface area contributed by atoms with Crippen molar-refractivity contribution in [3.63, 3.8) is 0 Å². The SMILES string of the molecule is Clc1ccc(-c2[s+]ccc3ccccc23)cc1. The molecule has 1 heterocycles. The van der Waals surface area contributed by atoms with E-state index in [1.165, 1.54) is 21.2 Å². The fourth-order valence-corrected chi connectivity index (χ4v) is 2.97. The van der Waals surface area contributed by atoms with Crippen molar-refractivity contribution in [1.82, 2.24) is 0 Å². The van der Waals surface area contributed by atoms with E-state index in [1.54, 1.807) is 11.3 Å². The van der Waals surface area contributed by atoms with Gasteiger partial charge in [0, 0.05) is 22.0 Å². The second kappa shape index (κ2) is 4.44. The molecule has 3 rings (SSSR count). The van der Waals surface area contributed by atoms with Crippen molar-refractivity contribution in [1.29, 1.82) is 0 Å². The van der Waals surface area contributed by atoms with Crippen molar-refractivity contribution in [2.45, 2.75) is 0 Å². The Hall–Kier alpha value is -1.44. The van der Waals surface area contributed by atoms with Gasteiger partial charge in [0.25, 0.3) is 0 Å². The third-order valence-electron chi connectivity index (χ3n) is 2.75. The average molecular weight is 258 g/mol. The summed E-state index contributed by atoms with van der Waals surface area (Å²) in [6.07, 6.45) is 0. The minimum atomic E-state index is 0.777. The van der Waals surface area contributed by atoms with Gasteiger partial charge in [0.15, 0.2) is 5.38 Å². The molecule has 0 saturated heterocycles. The predicted molar refractivity (Wildman–Crippen MR) is 76.7 cm³/mol. The molecule has 0 radical (unpaired) electrons. The molecule has 0 spiro atoms. The van der Waals surface area contributed by atoms with Crippen LogP contribution in [0.25, 0.3) is 21.2 Å². The Balaban J connectivity index is 2.27. The molecule has 82 valence electrons. The summed E-state index contributed by atoms with van der Waals surface area (Å²) in [5, 5.41) is 5.48. The van der Waals surface area contributed by atoms with Crippen LogP contribution in [0.15, 0.2) is 60.0 Å². The lowest BCUT2D eigenvalue weighted by Gasteiger charge is -1.98. The Kier molecular flexibility index (Phi) is 2.79. The molecule has 0 nitrogen and oxygen atoms in total. The average Bonchev–Trinajstić information content (AvgIpc) is 2.39. The van der Waals surface area contributed by atoms with E-state index in [-0.39, 0.29) is 0 Å². The highest BCUT2D eigenvalue weighted by atomic mass is 35.5. The first-order valence-electron chi connectivity index (χ1n) is 5.40. The predicted octanol–water partition coefficient (Wildman–Crippen LogP) is 5.50. The summed E-state index contributed by atoms with van der Waals surface area (Å²) >= 11 is 7.68. The summed E-state index contributed by atoms with van der Waals surface area (Å²) in [5.74, 6) is 0. The maximum Gasteiger partial charge on any atom is 0.245 e. The quantitative estimate of drug-likeness (QED) is 0.505. The topological polar surface area (TPSA) is 0 Å². The van der Waals surface area contributed by atoms with Crippen molar-refractivity contribution in [2.75, 3.05) is 0 Å². The summed E-state index contributed by atoms with van der Waals surface area (Å²) < 4.78 is 0. The molecule has 0 amide bonds. The van der Waals surface area contributed by atoms with Gasteiger partial charge in [-0.2, -0.15) is 0 Å². The van der Waals surface area contributed by atoms with Gasteiger partial charge in [0.1, 0.15) is 0 Å². The second-order valence-corrected chi connectivity index (χ2v) is 5.20. The van der Waals surface area contributed by atoms with Crippen molar-refractivity contribution in [3.8, 4) is 10.4 Å². The molecule has 0 saturated carbocycles. The molecule has 2 aromatic carbocycles. The summed E-state index contributed by atoms with van der Waals surface area (Å²) in [5.41, 5.74) is 1.22. The Morgan fingerprint density at radius 3 is 2.41 bits per heavy atom. The van der Waals surface area contributed by atoms with Crippen LogP contribution in [0.4, 0.5) is 0 Å². The Morgan fingerprint density at radius 2 is 1.59 bits per heavy atom. The van der Waals surface area contributed by atoms with Crippen molar-refractivity contribution in [3.05, 3.63) is 65.0 Å². The molecule has 0 bridgehead atoms. The fraction of sp³-hybridized carbons (Fsp3) is 0. The van der Waals surface area contributed by atoms with E-state index >= 15 is 0 Å². The van der Waals surface area contributed by atoms with E-state index < -0.39 is 0 Å². The Morgan fingerprint density at radius 1 is 0.824 bits per heavy atom. The highest BCUT2D eigenvalue weighted by molar-refractivity contribution is 7.14. The number of fused-ring (bicyclic) bond motifs is 1. The summed E-state index contributed by atoms with van der Waals surface area (Å²) in [6, 6.07) is 18.6. The number of halogens is 1. The van der Waals surface area contributed by atoms with Gasteiger partial charge in [-0.05, 0) is 35.7 Å². The highest BCUT2D eigenvalue weighted by Gasteiger charge is 2.13. The van der Waals surface area contributed by atoms with Crippen molar-refractivity contribution in [2.24, 2.45) is 0 Å². The zero-order valence-electron chi connectivity index (χ0n) is 9.06. The van der Waals surface area contributed by atoms with Crippen LogP contribution in [0.2, 0.25) is 5.02 Å². The second-order valence-electron chi connectivity index (χ2n) is 3.84. The lowest BCUT2D eigenvalue weighted by Crippen LogP contribution is -1.78. The van der Waals surface area contributed by atoms with Gasteiger partial charge in [0.05, 0.1) is 0 Å². The monoisotopic (exact) mass is 257 g/mol. The molecular weight excluding hydrogens is 248 g/mol. The molecule has 0 aliphatic heterocycles. The summed E-state index contributed by atoms with van der Waals surface area (Å²) in [4.78, 5) is 1.29. The van der Waals surface area contributed by atoms with Crippen molar-refractivity contribution < 1.29 is 0 Å². The molecule has 1 aromatic heterocycles. The number of hydrogen-bond donors (Lipinski definition) is 0. The third-order valence-corrected chi connectivity index (χ3v) is 3.96. The summed E-state index contributed by atoms with van der Waals surface area (Å²) in [7, 11) is 0. The molecule has 0 unspecified atom stereocenters. The minimum absolute atomic E-state index is 0.777. The number of hydrogen-bond acceptors (Lipinski definition) is 0. The van der Waals surface area contributed by atoms with Crippen LogP contribution in [-0.2, 0) is 0 Å². The van der Waals surface area contributed by atoms with Gasteiger partial charge in [-0.25, -0.2) is 0 Å². The first-order valence-corrected chi connectivity index (χ1v) is 6.66. The van der Waals surface area contributed by atoms with Gasteiger partial charge in [-0.3, -0.25) is 0 Å². The molecule has 17 heavy (non-hydrogen) atoms. The zero-order valence-corrected chi connectivity index (χ0v) is 10.6. The van der Waals surface area contributed by atoms with Gasteiger partial charge in [-0.15, -0.1) is 0 Å². The van der Waals surface area contributed by atoms with Crippen LogP contribution < -0.4 is 0 Å². The number of benzene rings is 2. The maximum atomic E-state index is 5.92. The fourth-order valence-electron chi connectivity index (χ4n) is 1.91. The molecular formula is C15H10ClS+. The van der Waals surface area contributed by atoms with Crippen molar-refractivity contribution >= 4 is 33.7 Å². The maximum absolute atomic E-state index is 5.92. The zero-order chi connectivity index (χ0) is 11.7. The van der Waals surface area contributed by atoms with E-state index in [1.807, 2.05) is 12.1 Å². The smallest absolute Gasteiger partial charge is 0.0843 e. The highest BCUT2D eigenvalue weighted by Crippen LogP contribution is 2.32. The van der Waals surface area contributed by atoms with Crippen LogP contribution >= 0.6 is 22.9 Å². The van der Waals surface area contributed by atoms with E-state index in [0.717, 1.165) is 5.02 Å². The first kappa shape index (κ1) is 10.7.